The van der Waals surface area contributed by atoms with Crippen molar-refractivity contribution in [1.82, 2.24) is 14.5 Å². The number of nitrogens with one attached hydrogen (secondary N) is 2. The molecule has 2 heterocycles. The van der Waals surface area contributed by atoms with E-state index in [9.17, 15) is 18.0 Å². The monoisotopic (exact) mass is 498 g/mol. The first-order chi connectivity index (χ1) is 16.7. The zero-order valence-corrected chi connectivity index (χ0v) is 21.2. The maximum Gasteiger partial charge on any atom is 0.241 e. The van der Waals surface area contributed by atoms with Gasteiger partial charge in [0, 0.05) is 44.8 Å². The summed E-state index contributed by atoms with van der Waals surface area (Å²) in [6, 6.07) is 14.1. The fourth-order valence-corrected chi connectivity index (χ4v) is 5.98. The number of fused-ring (bicyclic) bond motifs is 1. The molecule has 1 fully saturated rings. The number of amides is 2. The third kappa shape index (κ3) is 6.28. The number of hydrogen-bond donors (Lipinski definition) is 2. The largest absolute Gasteiger partial charge is 0.339 e. The van der Waals surface area contributed by atoms with Crippen LogP contribution in [0.2, 0.25) is 0 Å². The zero-order chi connectivity index (χ0) is 25.0. The molecule has 2 N–H and O–H groups in total. The number of sulfonamides is 1. The lowest BCUT2D eigenvalue weighted by Gasteiger charge is -2.37. The number of anilines is 1. The summed E-state index contributed by atoms with van der Waals surface area (Å²) in [6.07, 6.45) is 1.70. The summed E-state index contributed by atoms with van der Waals surface area (Å²) >= 11 is 0. The van der Waals surface area contributed by atoms with Crippen molar-refractivity contribution in [2.24, 2.45) is 5.92 Å². The summed E-state index contributed by atoms with van der Waals surface area (Å²) in [5.41, 5.74) is 2.68. The Morgan fingerprint density at radius 3 is 2.43 bits per heavy atom. The average molecular weight is 499 g/mol. The first-order valence-electron chi connectivity index (χ1n) is 12.2. The number of carbonyl (C=O) groups is 2. The maximum absolute atomic E-state index is 13.4. The molecule has 0 aromatic heterocycles. The van der Waals surface area contributed by atoms with E-state index >= 15 is 0 Å². The number of rotatable bonds is 7. The van der Waals surface area contributed by atoms with Crippen LogP contribution in [0.3, 0.4) is 0 Å². The predicted octanol–water partition coefficient (Wildman–Crippen LogP) is 2.61. The third-order valence-corrected chi connectivity index (χ3v) is 8.10. The predicted molar refractivity (Wildman–Crippen MR) is 135 cm³/mol. The van der Waals surface area contributed by atoms with Gasteiger partial charge in [-0.2, -0.15) is 4.72 Å². The van der Waals surface area contributed by atoms with Crippen molar-refractivity contribution < 1.29 is 18.0 Å². The highest BCUT2D eigenvalue weighted by molar-refractivity contribution is 7.89. The van der Waals surface area contributed by atoms with Gasteiger partial charge in [-0.15, -0.1) is 0 Å². The molecule has 9 heteroatoms. The van der Waals surface area contributed by atoms with Gasteiger partial charge in [-0.1, -0.05) is 44.2 Å². The molecule has 1 saturated heterocycles. The van der Waals surface area contributed by atoms with Gasteiger partial charge in [0.1, 0.15) is 6.04 Å². The molecule has 2 amide bonds. The number of nitrogens with zero attached hydrogens (tertiary/aromatic N) is 2. The minimum Gasteiger partial charge on any atom is -0.339 e. The second kappa shape index (κ2) is 10.9. The Hall–Kier alpha value is -2.75. The van der Waals surface area contributed by atoms with Gasteiger partial charge in [0.2, 0.25) is 21.8 Å². The molecule has 0 radical (unpaired) electrons. The molecule has 2 aromatic carbocycles. The van der Waals surface area contributed by atoms with E-state index in [4.69, 9.17) is 0 Å². The van der Waals surface area contributed by atoms with E-state index in [1.165, 1.54) is 11.6 Å². The first-order valence-corrected chi connectivity index (χ1v) is 13.7. The van der Waals surface area contributed by atoms with Crippen LogP contribution in [0.15, 0.2) is 53.4 Å². The lowest BCUT2D eigenvalue weighted by Crippen LogP contribution is -2.56. The van der Waals surface area contributed by atoms with Crippen LogP contribution in [0.4, 0.5) is 5.69 Å². The molecule has 0 bridgehead atoms. The second-order valence-electron chi connectivity index (χ2n) is 9.65. The lowest BCUT2D eigenvalue weighted by atomic mass is 10.0. The van der Waals surface area contributed by atoms with Gasteiger partial charge >= 0.3 is 0 Å². The highest BCUT2D eigenvalue weighted by Gasteiger charge is 2.33. The van der Waals surface area contributed by atoms with E-state index in [-0.39, 0.29) is 22.6 Å². The normalized spacial score (nSPS) is 18.0. The summed E-state index contributed by atoms with van der Waals surface area (Å²) in [5.74, 6) is -0.462. The average Bonchev–Trinajstić information content (AvgIpc) is 3.03. The number of piperazine rings is 1. The topological polar surface area (TPSA) is 98.8 Å². The Balaban J connectivity index is 1.42. The number of benzene rings is 2. The summed E-state index contributed by atoms with van der Waals surface area (Å²) in [5, 5.41) is 2.82. The van der Waals surface area contributed by atoms with Crippen molar-refractivity contribution in [3.63, 3.8) is 0 Å². The fourth-order valence-electron chi connectivity index (χ4n) is 4.59. The Morgan fingerprint density at radius 1 is 1.03 bits per heavy atom. The second-order valence-corrected chi connectivity index (χ2v) is 11.4. The molecule has 8 nitrogen and oxygen atoms in total. The SMILES string of the molecule is CC(C)C(NS(=O)(=O)c1ccc2c(c1)CCCC(=O)N2)C(=O)N1CCN(Cc2ccccc2)CC1. The van der Waals surface area contributed by atoms with Crippen LogP contribution in [-0.2, 0) is 32.6 Å². The molecule has 4 rings (SSSR count). The Kier molecular flexibility index (Phi) is 7.88. The molecular weight excluding hydrogens is 464 g/mol. The van der Waals surface area contributed by atoms with Crippen LogP contribution in [-0.4, -0.2) is 62.3 Å². The van der Waals surface area contributed by atoms with E-state index < -0.39 is 16.1 Å². The van der Waals surface area contributed by atoms with E-state index in [0.29, 0.717) is 38.0 Å². The van der Waals surface area contributed by atoms with Crippen molar-refractivity contribution in [2.45, 2.75) is 50.6 Å². The molecule has 2 aliphatic heterocycles. The third-order valence-electron chi connectivity index (χ3n) is 6.66. The van der Waals surface area contributed by atoms with Crippen molar-refractivity contribution in [1.29, 1.82) is 0 Å². The molecular formula is C26H34N4O4S. The Bertz CT molecular complexity index is 1160. The smallest absolute Gasteiger partial charge is 0.241 e. The van der Waals surface area contributed by atoms with Gasteiger partial charge in [-0.05, 0) is 48.1 Å². The van der Waals surface area contributed by atoms with Gasteiger partial charge in [-0.25, -0.2) is 8.42 Å². The highest BCUT2D eigenvalue weighted by Crippen LogP contribution is 2.25. The molecule has 1 atom stereocenters. The molecule has 0 spiro atoms. The summed E-state index contributed by atoms with van der Waals surface area (Å²) < 4.78 is 29.2. The molecule has 0 aliphatic carbocycles. The van der Waals surface area contributed by atoms with Crippen LogP contribution in [0.5, 0.6) is 0 Å². The molecule has 35 heavy (non-hydrogen) atoms. The standard InChI is InChI=1S/C26H34N4O4S/c1-19(2)25(26(32)30-15-13-29(14-16-30)18-20-7-4-3-5-8-20)28-35(33,34)22-11-12-23-21(17-22)9-6-10-24(31)27-23/h3-5,7-8,11-12,17,19,25,28H,6,9-10,13-16,18H2,1-2H3,(H,27,31). The minimum absolute atomic E-state index is 0.0631. The van der Waals surface area contributed by atoms with E-state index in [1.807, 2.05) is 32.0 Å². The van der Waals surface area contributed by atoms with Crippen molar-refractivity contribution in [3.05, 3.63) is 59.7 Å². The fraction of sp³-hybridized carbons (Fsp3) is 0.462. The molecule has 188 valence electrons. The van der Waals surface area contributed by atoms with E-state index in [2.05, 4.69) is 27.1 Å². The van der Waals surface area contributed by atoms with Gasteiger partial charge in [0.15, 0.2) is 0 Å². The van der Waals surface area contributed by atoms with Crippen LogP contribution in [0.1, 0.15) is 37.8 Å². The van der Waals surface area contributed by atoms with Crippen LogP contribution < -0.4 is 10.0 Å². The van der Waals surface area contributed by atoms with Gasteiger partial charge in [0.25, 0.3) is 0 Å². The lowest BCUT2D eigenvalue weighted by molar-refractivity contribution is -0.135. The van der Waals surface area contributed by atoms with E-state index in [0.717, 1.165) is 25.2 Å². The molecule has 1 unspecified atom stereocenters. The van der Waals surface area contributed by atoms with Crippen molar-refractivity contribution >= 4 is 27.5 Å². The number of hydrogen-bond acceptors (Lipinski definition) is 5. The van der Waals surface area contributed by atoms with Crippen molar-refractivity contribution in [2.75, 3.05) is 31.5 Å². The van der Waals surface area contributed by atoms with Gasteiger partial charge < -0.3 is 10.2 Å². The highest BCUT2D eigenvalue weighted by atomic mass is 32.2. The van der Waals surface area contributed by atoms with Gasteiger partial charge in [0.05, 0.1) is 4.90 Å². The summed E-state index contributed by atoms with van der Waals surface area (Å²) in [6.45, 7) is 7.16. The van der Waals surface area contributed by atoms with Crippen LogP contribution in [0, 0.1) is 5.92 Å². The quantitative estimate of drug-likeness (QED) is 0.612. The maximum atomic E-state index is 13.4. The summed E-state index contributed by atoms with van der Waals surface area (Å²) in [4.78, 5) is 29.3. The van der Waals surface area contributed by atoms with Crippen molar-refractivity contribution in [3.8, 4) is 0 Å². The summed E-state index contributed by atoms with van der Waals surface area (Å²) in [7, 11) is -3.92. The van der Waals surface area contributed by atoms with Gasteiger partial charge in [-0.3, -0.25) is 14.5 Å². The number of carbonyl (C=O) groups excluding carboxylic acids is 2. The first kappa shape index (κ1) is 25.3. The molecule has 2 aromatic rings. The molecule has 0 saturated carbocycles. The number of aryl methyl sites for hydroxylation is 1. The Labute approximate surface area is 207 Å². The van der Waals surface area contributed by atoms with Crippen LogP contribution in [0.25, 0.3) is 0 Å². The Morgan fingerprint density at radius 2 is 1.74 bits per heavy atom. The minimum atomic E-state index is -3.92. The van der Waals surface area contributed by atoms with Crippen LogP contribution >= 0.6 is 0 Å². The van der Waals surface area contributed by atoms with E-state index in [1.54, 1.807) is 17.0 Å². The molecule has 2 aliphatic rings. The zero-order valence-electron chi connectivity index (χ0n) is 20.4.